The van der Waals surface area contributed by atoms with Gasteiger partial charge in [0.2, 0.25) is 5.75 Å². The average molecular weight is 438 g/mol. The number of hydrogen-bond acceptors (Lipinski definition) is 7. The first-order valence-corrected chi connectivity index (χ1v) is 8.85. The number of carboxylic acids is 1. The molecule has 0 unspecified atom stereocenters. The Morgan fingerprint density at radius 3 is 1.81 bits per heavy atom. The van der Waals surface area contributed by atoms with Gasteiger partial charge >= 0.3 is 18.3 Å². The van der Waals surface area contributed by atoms with E-state index in [-0.39, 0.29) is 22.4 Å². The number of carboxylic acid groups (broad SMARTS) is 3. The summed E-state index contributed by atoms with van der Waals surface area (Å²) in [5.41, 5.74) is 0.0576. The van der Waals surface area contributed by atoms with Crippen LogP contribution in [0.4, 0.5) is 9.59 Å². The predicted octanol–water partition coefficient (Wildman–Crippen LogP) is 4.52. The fourth-order valence-electron chi connectivity index (χ4n) is 2.71. The van der Waals surface area contributed by atoms with E-state index in [0.29, 0.717) is 0 Å². The molecule has 3 aromatic rings. The Balaban J connectivity index is 2.17. The first-order chi connectivity index (χ1) is 15.3. The summed E-state index contributed by atoms with van der Waals surface area (Å²) in [5, 5.41) is 27.1. The van der Waals surface area contributed by atoms with E-state index < -0.39 is 41.3 Å². The molecule has 0 saturated heterocycles. The van der Waals surface area contributed by atoms with Gasteiger partial charge in [0.25, 0.3) is 0 Å². The van der Waals surface area contributed by atoms with Crippen molar-refractivity contribution in [1.82, 2.24) is 0 Å². The minimum Gasteiger partial charge on any atom is -0.478 e. The summed E-state index contributed by atoms with van der Waals surface area (Å²) < 4.78 is 14.9. The molecule has 0 bridgehead atoms. The molecule has 0 heterocycles. The van der Waals surface area contributed by atoms with Gasteiger partial charge in [-0.3, -0.25) is 4.79 Å². The lowest BCUT2D eigenvalue weighted by atomic mass is 10.0. The van der Waals surface area contributed by atoms with Gasteiger partial charge in [-0.1, -0.05) is 30.3 Å². The third kappa shape index (κ3) is 5.00. The lowest BCUT2D eigenvalue weighted by Crippen LogP contribution is -2.12. The summed E-state index contributed by atoms with van der Waals surface area (Å²) >= 11 is 0. The van der Waals surface area contributed by atoms with Gasteiger partial charge in [0.05, 0.1) is 11.1 Å². The molecule has 0 radical (unpaired) electrons. The highest BCUT2D eigenvalue weighted by molar-refractivity contribution is 6.11. The first kappa shape index (κ1) is 21.8. The standard InChI is InChI=1S/C22H14O10/c23-17(12-4-2-1-3-5-12)15-10-11-16(31-21(26)27)19(32-22(28)29)18(15)30-14-8-6-13(7-9-14)20(24)25/h1-11H,(H,24,25)(H,26,27)(H,28,29). The van der Waals surface area contributed by atoms with Crippen LogP contribution in [-0.2, 0) is 0 Å². The van der Waals surface area contributed by atoms with E-state index in [1.54, 1.807) is 18.2 Å². The van der Waals surface area contributed by atoms with Crippen molar-refractivity contribution in [3.8, 4) is 23.0 Å². The number of benzene rings is 3. The smallest absolute Gasteiger partial charge is 0.478 e. The van der Waals surface area contributed by atoms with Crippen molar-refractivity contribution >= 4 is 24.1 Å². The Morgan fingerprint density at radius 2 is 1.25 bits per heavy atom. The molecule has 10 nitrogen and oxygen atoms in total. The lowest BCUT2D eigenvalue weighted by molar-refractivity contribution is 0.0696. The van der Waals surface area contributed by atoms with E-state index in [1.807, 2.05) is 0 Å². The fourth-order valence-corrected chi connectivity index (χ4v) is 2.71. The maximum absolute atomic E-state index is 13.1. The number of carbonyl (C=O) groups excluding carboxylic acids is 1. The van der Waals surface area contributed by atoms with Gasteiger partial charge in [0.15, 0.2) is 17.3 Å². The van der Waals surface area contributed by atoms with Gasteiger partial charge in [0.1, 0.15) is 5.75 Å². The Kier molecular flexibility index (Phi) is 6.35. The van der Waals surface area contributed by atoms with Crippen LogP contribution in [0.15, 0.2) is 66.7 Å². The second kappa shape index (κ2) is 9.30. The highest BCUT2D eigenvalue weighted by Crippen LogP contribution is 2.43. The average Bonchev–Trinajstić information content (AvgIpc) is 2.76. The number of ketones is 1. The third-order valence-electron chi connectivity index (χ3n) is 4.06. The van der Waals surface area contributed by atoms with Crippen molar-refractivity contribution in [1.29, 1.82) is 0 Å². The van der Waals surface area contributed by atoms with Crippen LogP contribution < -0.4 is 14.2 Å². The molecule has 0 aliphatic rings. The number of hydrogen-bond donors (Lipinski definition) is 3. The van der Waals surface area contributed by atoms with Crippen molar-refractivity contribution in [3.63, 3.8) is 0 Å². The molecule has 0 atom stereocenters. The fraction of sp³-hybridized carbons (Fsp3) is 0. The molecule has 0 aliphatic carbocycles. The number of aromatic carboxylic acids is 1. The van der Waals surface area contributed by atoms with E-state index in [1.165, 1.54) is 42.5 Å². The van der Waals surface area contributed by atoms with E-state index in [9.17, 15) is 19.2 Å². The van der Waals surface area contributed by atoms with Crippen LogP contribution in [-0.4, -0.2) is 39.4 Å². The molecular formula is C22H14O10. The normalized spacial score (nSPS) is 10.1. The number of ether oxygens (including phenoxy) is 3. The van der Waals surface area contributed by atoms with Crippen LogP contribution in [0.25, 0.3) is 0 Å². The van der Waals surface area contributed by atoms with Crippen molar-refractivity contribution in [2.24, 2.45) is 0 Å². The third-order valence-corrected chi connectivity index (χ3v) is 4.06. The van der Waals surface area contributed by atoms with E-state index in [0.717, 1.165) is 6.07 Å². The zero-order valence-corrected chi connectivity index (χ0v) is 16.1. The second-order valence-electron chi connectivity index (χ2n) is 6.13. The van der Waals surface area contributed by atoms with Gasteiger partial charge in [0, 0.05) is 5.56 Å². The monoisotopic (exact) mass is 438 g/mol. The Labute approximate surface area is 179 Å². The van der Waals surface area contributed by atoms with Crippen LogP contribution in [0.3, 0.4) is 0 Å². The summed E-state index contributed by atoms with van der Waals surface area (Å²) in [6, 6.07) is 15.2. The zero-order valence-electron chi connectivity index (χ0n) is 16.1. The van der Waals surface area contributed by atoms with Crippen LogP contribution in [0, 0.1) is 0 Å². The van der Waals surface area contributed by atoms with Gasteiger partial charge in [-0.15, -0.1) is 0 Å². The van der Waals surface area contributed by atoms with Crippen molar-refractivity contribution in [2.75, 3.05) is 0 Å². The molecule has 3 N–H and O–H groups in total. The molecule has 3 aromatic carbocycles. The highest BCUT2D eigenvalue weighted by Gasteiger charge is 2.26. The van der Waals surface area contributed by atoms with Crippen LogP contribution in [0.1, 0.15) is 26.3 Å². The maximum Gasteiger partial charge on any atom is 0.511 e. The van der Waals surface area contributed by atoms with Gasteiger partial charge < -0.3 is 29.5 Å². The Morgan fingerprint density at radius 1 is 0.625 bits per heavy atom. The molecule has 32 heavy (non-hydrogen) atoms. The van der Waals surface area contributed by atoms with Gasteiger partial charge in [-0.05, 0) is 36.4 Å². The van der Waals surface area contributed by atoms with E-state index >= 15 is 0 Å². The Hall–Kier alpha value is -4.86. The SMILES string of the molecule is O=C(O)Oc1ccc(C(=O)c2ccccc2)c(Oc2ccc(C(=O)O)cc2)c1OC(=O)O. The Bertz CT molecular complexity index is 1180. The molecule has 0 fully saturated rings. The summed E-state index contributed by atoms with van der Waals surface area (Å²) in [5.74, 6) is -3.34. The summed E-state index contributed by atoms with van der Waals surface area (Å²) in [7, 11) is 0. The molecule has 0 aromatic heterocycles. The number of carbonyl (C=O) groups is 4. The topological polar surface area (TPSA) is 157 Å². The summed E-state index contributed by atoms with van der Waals surface area (Å²) in [6.07, 6.45) is -3.56. The summed E-state index contributed by atoms with van der Waals surface area (Å²) in [6.45, 7) is 0. The molecule has 0 amide bonds. The molecule has 0 aliphatic heterocycles. The van der Waals surface area contributed by atoms with Crippen LogP contribution in [0.5, 0.6) is 23.0 Å². The van der Waals surface area contributed by atoms with Gasteiger partial charge in [-0.25, -0.2) is 14.4 Å². The molecule has 3 rings (SSSR count). The molecular weight excluding hydrogens is 424 g/mol. The van der Waals surface area contributed by atoms with Crippen LogP contribution in [0.2, 0.25) is 0 Å². The van der Waals surface area contributed by atoms with E-state index in [2.05, 4.69) is 4.74 Å². The minimum atomic E-state index is -1.81. The molecule has 0 saturated carbocycles. The summed E-state index contributed by atoms with van der Waals surface area (Å²) in [4.78, 5) is 46.4. The van der Waals surface area contributed by atoms with Crippen molar-refractivity contribution in [3.05, 3.63) is 83.4 Å². The molecule has 0 spiro atoms. The van der Waals surface area contributed by atoms with E-state index in [4.69, 9.17) is 24.8 Å². The lowest BCUT2D eigenvalue weighted by Gasteiger charge is -2.16. The quantitative estimate of drug-likeness (QED) is 0.272. The van der Waals surface area contributed by atoms with Crippen molar-refractivity contribution < 1.29 is 48.7 Å². The molecule has 10 heteroatoms. The number of rotatable bonds is 7. The second-order valence-corrected chi connectivity index (χ2v) is 6.13. The minimum absolute atomic E-state index is 0.0276. The van der Waals surface area contributed by atoms with Crippen LogP contribution >= 0.6 is 0 Å². The van der Waals surface area contributed by atoms with Crippen molar-refractivity contribution in [2.45, 2.75) is 0 Å². The largest absolute Gasteiger partial charge is 0.511 e. The highest BCUT2D eigenvalue weighted by atomic mass is 16.7. The maximum atomic E-state index is 13.1. The predicted molar refractivity (Wildman–Crippen MR) is 107 cm³/mol. The zero-order chi connectivity index (χ0) is 23.3. The molecule has 162 valence electrons. The first-order valence-electron chi connectivity index (χ1n) is 8.85. The van der Waals surface area contributed by atoms with Gasteiger partial charge in [-0.2, -0.15) is 0 Å².